The molecule has 1 saturated heterocycles. The first-order valence-electron chi connectivity index (χ1n) is 11.1. The highest BCUT2D eigenvalue weighted by molar-refractivity contribution is 7.71. The van der Waals surface area contributed by atoms with Gasteiger partial charge in [-0.3, -0.25) is 10.00 Å². The molecular weight excluding hydrogens is 410 g/mol. The van der Waals surface area contributed by atoms with Crippen LogP contribution in [0.25, 0.3) is 11.4 Å². The Morgan fingerprint density at radius 2 is 2.03 bits per heavy atom. The van der Waals surface area contributed by atoms with Crippen molar-refractivity contribution in [2.45, 2.75) is 65.8 Å². The molecule has 0 radical (unpaired) electrons. The van der Waals surface area contributed by atoms with Gasteiger partial charge in [0.25, 0.3) is 0 Å². The molecule has 8 heteroatoms. The summed E-state index contributed by atoms with van der Waals surface area (Å²) in [6.07, 6.45) is 1.97. The Kier molecular flexibility index (Phi) is 7.54. The highest BCUT2D eigenvalue weighted by Crippen LogP contribution is 2.21. The Hall–Kier alpha value is -2.19. The van der Waals surface area contributed by atoms with E-state index in [4.69, 9.17) is 17.0 Å². The molecule has 2 heterocycles. The Balaban J connectivity index is 1.63. The molecule has 170 valence electrons. The number of benzene rings is 1. The average Bonchev–Trinajstić information content (AvgIpc) is 3.06. The number of hydrogen-bond donors (Lipinski definition) is 1. The van der Waals surface area contributed by atoms with Crippen molar-refractivity contribution in [2.75, 3.05) is 19.6 Å². The van der Waals surface area contributed by atoms with Gasteiger partial charge in [-0.25, -0.2) is 9.48 Å². The lowest BCUT2D eigenvalue weighted by Crippen LogP contribution is -2.47. The lowest BCUT2D eigenvalue weighted by atomic mass is 9.97. The number of H-pyrrole nitrogens is 1. The first-order valence-corrected chi connectivity index (χ1v) is 11.5. The number of piperidine rings is 1. The summed E-state index contributed by atoms with van der Waals surface area (Å²) in [6.45, 7) is 13.1. The molecule has 0 spiro atoms. The van der Waals surface area contributed by atoms with Crippen LogP contribution in [-0.4, -0.2) is 61.9 Å². The van der Waals surface area contributed by atoms with Gasteiger partial charge >= 0.3 is 6.09 Å². The minimum Gasteiger partial charge on any atom is -0.444 e. The summed E-state index contributed by atoms with van der Waals surface area (Å²) in [5.74, 6) is 1.18. The van der Waals surface area contributed by atoms with Crippen molar-refractivity contribution in [1.82, 2.24) is 24.6 Å². The number of likely N-dealkylation sites (tertiary alicyclic amines) is 1. The predicted molar refractivity (Wildman–Crippen MR) is 125 cm³/mol. The molecule has 1 atom stereocenters. The van der Waals surface area contributed by atoms with Crippen LogP contribution in [-0.2, 0) is 11.4 Å². The van der Waals surface area contributed by atoms with Gasteiger partial charge in [0.05, 0.1) is 6.67 Å². The fourth-order valence-corrected chi connectivity index (χ4v) is 4.10. The van der Waals surface area contributed by atoms with E-state index in [9.17, 15) is 4.79 Å². The van der Waals surface area contributed by atoms with Crippen molar-refractivity contribution >= 4 is 18.3 Å². The summed E-state index contributed by atoms with van der Waals surface area (Å²) in [5.41, 5.74) is 0.532. The number of carbonyl (C=O) groups excluding carboxylic acids is 1. The smallest absolute Gasteiger partial charge is 0.410 e. The van der Waals surface area contributed by atoms with E-state index in [-0.39, 0.29) is 12.1 Å². The molecule has 1 amide bonds. The van der Waals surface area contributed by atoms with Crippen LogP contribution in [0.5, 0.6) is 0 Å². The number of rotatable bonds is 6. The van der Waals surface area contributed by atoms with E-state index < -0.39 is 5.60 Å². The summed E-state index contributed by atoms with van der Waals surface area (Å²) in [4.78, 5) is 21.4. The maximum Gasteiger partial charge on any atom is 0.410 e. The van der Waals surface area contributed by atoms with Crippen molar-refractivity contribution in [3.05, 3.63) is 35.1 Å². The Morgan fingerprint density at radius 1 is 1.32 bits per heavy atom. The fourth-order valence-electron chi connectivity index (χ4n) is 3.90. The molecule has 3 rings (SSSR count). The van der Waals surface area contributed by atoms with E-state index >= 15 is 0 Å². The third-order valence-corrected chi connectivity index (χ3v) is 5.69. The first-order chi connectivity index (χ1) is 14.6. The number of nitrogens with zero attached hydrogens (tertiary/aromatic N) is 4. The zero-order valence-electron chi connectivity index (χ0n) is 19.3. The molecule has 1 fully saturated rings. The Labute approximate surface area is 190 Å². The number of ether oxygens (including phenoxy) is 1. The van der Waals surface area contributed by atoms with Crippen LogP contribution in [0.3, 0.4) is 0 Å². The maximum atomic E-state index is 12.7. The normalized spacial score (nSPS) is 17.7. The molecule has 0 unspecified atom stereocenters. The highest BCUT2D eigenvalue weighted by atomic mass is 32.1. The molecule has 2 aromatic rings. The van der Waals surface area contributed by atoms with E-state index in [1.807, 2.05) is 74.5 Å². The van der Waals surface area contributed by atoms with Crippen LogP contribution in [0.1, 0.15) is 47.5 Å². The monoisotopic (exact) mass is 445 g/mol. The Morgan fingerprint density at radius 3 is 2.68 bits per heavy atom. The fraction of sp³-hybridized carbons (Fsp3) is 0.609. The van der Waals surface area contributed by atoms with E-state index in [2.05, 4.69) is 15.0 Å². The summed E-state index contributed by atoms with van der Waals surface area (Å²) < 4.78 is 8.11. The number of aromatic amines is 1. The van der Waals surface area contributed by atoms with Crippen molar-refractivity contribution < 1.29 is 9.53 Å². The maximum absolute atomic E-state index is 12.7. The van der Waals surface area contributed by atoms with Gasteiger partial charge in [0, 0.05) is 24.7 Å². The third-order valence-electron chi connectivity index (χ3n) is 5.38. The van der Waals surface area contributed by atoms with Gasteiger partial charge in [0.2, 0.25) is 4.77 Å². The number of hydrogen-bond acceptors (Lipinski definition) is 5. The van der Waals surface area contributed by atoms with Crippen LogP contribution in [0.15, 0.2) is 30.3 Å². The second-order valence-electron chi connectivity index (χ2n) is 9.60. The van der Waals surface area contributed by atoms with E-state index in [0.717, 1.165) is 37.3 Å². The van der Waals surface area contributed by atoms with Crippen molar-refractivity contribution in [3.63, 3.8) is 0 Å². The second-order valence-corrected chi connectivity index (χ2v) is 9.97. The van der Waals surface area contributed by atoms with Crippen LogP contribution in [0.4, 0.5) is 4.79 Å². The number of nitrogens with one attached hydrogen (secondary N) is 1. The number of carbonyl (C=O) groups is 1. The lowest BCUT2D eigenvalue weighted by Gasteiger charge is -2.37. The van der Waals surface area contributed by atoms with Crippen LogP contribution < -0.4 is 0 Å². The van der Waals surface area contributed by atoms with Gasteiger partial charge in [0.15, 0.2) is 5.82 Å². The highest BCUT2D eigenvalue weighted by Gasteiger charge is 2.29. The topological polar surface area (TPSA) is 66.4 Å². The van der Waals surface area contributed by atoms with Crippen LogP contribution >= 0.6 is 12.2 Å². The second kappa shape index (κ2) is 9.96. The van der Waals surface area contributed by atoms with Crippen LogP contribution in [0, 0.1) is 10.7 Å². The average molecular weight is 446 g/mol. The van der Waals surface area contributed by atoms with E-state index in [1.54, 1.807) is 0 Å². The molecule has 0 bridgehead atoms. The molecule has 1 N–H and O–H groups in total. The quantitative estimate of drug-likeness (QED) is 0.639. The van der Waals surface area contributed by atoms with Crippen molar-refractivity contribution in [1.29, 1.82) is 0 Å². The molecule has 1 aliphatic heterocycles. The molecule has 1 aromatic carbocycles. The van der Waals surface area contributed by atoms with E-state index in [1.165, 1.54) is 0 Å². The van der Waals surface area contributed by atoms with Crippen LogP contribution in [0.2, 0.25) is 0 Å². The van der Waals surface area contributed by atoms with Gasteiger partial charge in [-0.2, -0.15) is 4.98 Å². The molecule has 0 aliphatic carbocycles. The zero-order chi connectivity index (χ0) is 22.6. The summed E-state index contributed by atoms with van der Waals surface area (Å²) in [6, 6.07) is 10.1. The van der Waals surface area contributed by atoms with Crippen molar-refractivity contribution in [2.24, 2.45) is 5.92 Å². The summed E-state index contributed by atoms with van der Waals surface area (Å²) in [7, 11) is 0. The molecular formula is C23H35N5O2S. The molecule has 1 aromatic heterocycles. The SMILES string of the molecule is CC(C)N(C[C@@H]1CCCN(Cn2[nH]c(-c3ccccc3)nc2=S)C1)C(=O)OC(C)(C)C. The predicted octanol–water partition coefficient (Wildman–Crippen LogP) is 4.92. The Bertz CT molecular complexity index is 916. The molecule has 0 saturated carbocycles. The summed E-state index contributed by atoms with van der Waals surface area (Å²) in [5, 5.41) is 3.34. The summed E-state index contributed by atoms with van der Waals surface area (Å²) >= 11 is 5.48. The van der Waals surface area contributed by atoms with E-state index in [0.29, 0.717) is 23.9 Å². The number of amides is 1. The van der Waals surface area contributed by atoms with Gasteiger partial charge in [-0.05, 0) is 72.1 Å². The minimum absolute atomic E-state index is 0.0971. The molecule has 7 nitrogen and oxygen atoms in total. The largest absolute Gasteiger partial charge is 0.444 e. The number of aromatic nitrogens is 3. The third kappa shape index (κ3) is 6.64. The molecule has 1 aliphatic rings. The molecule has 31 heavy (non-hydrogen) atoms. The standard InChI is InChI=1S/C23H35N5O2S/c1-17(2)27(22(29)30-23(3,4)5)15-18-10-9-13-26(14-18)16-28-21(31)24-20(25-28)19-11-7-6-8-12-19/h6-8,11-12,17-18H,9-10,13-16H2,1-5H3,(H,24,25,31)/t18-/m1/s1. The van der Waals surface area contributed by atoms with Gasteiger partial charge in [-0.1, -0.05) is 30.3 Å². The van der Waals surface area contributed by atoms with Gasteiger partial charge in [-0.15, -0.1) is 0 Å². The zero-order valence-corrected chi connectivity index (χ0v) is 20.1. The first kappa shape index (κ1) is 23.5. The van der Waals surface area contributed by atoms with Crippen molar-refractivity contribution in [3.8, 4) is 11.4 Å². The van der Waals surface area contributed by atoms with Gasteiger partial charge < -0.3 is 9.64 Å². The lowest BCUT2D eigenvalue weighted by molar-refractivity contribution is 0.0108. The van der Waals surface area contributed by atoms with Gasteiger partial charge in [0.1, 0.15) is 5.60 Å². The minimum atomic E-state index is -0.490.